The van der Waals surface area contributed by atoms with Crippen molar-refractivity contribution in [1.82, 2.24) is 0 Å². The average molecular weight is 313 g/mol. The summed E-state index contributed by atoms with van der Waals surface area (Å²) >= 11 is 0. The van der Waals surface area contributed by atoms with Crippen molar-refractivity contribution in [2.45, 2.75) is 6.92 Å². The maximum atomic E-state index is 11.0. The maximum absolute atomic E-state index is 11.0. The molecule has 2 rings (SSSR count). The van der Waals surface area contributed by atoms with Crippen molar-refractivity contribution in [3.63, 3.8) is 0 Å². The van der Waals surface area contributed by atoms with E-state index in [9.17, 15) is 4.79 Å². The molecule has 0 spiro atoms. The van der Waals surface area contributed by atoms with Crippen LogP contribution in [-0.2, 0) is 9.53 Å². The summed E-state index contributed by atoms with van der Waals surface area (Å²) in [6.45, 7) is 2.49. The number of ether oxygens (including phenoxy) is 3. The van der Waals surface area contributed by atoms with E-state index in [1.54, 1.807) is 18.3 Å². The van der Waals surface area contributed by atoms with Crippen LogP contribution < -0.4 is 9.47 Å². The monoisotopic (exact) mass is 313 g/mol. The molecule has 0 saturated carbocycles. The lowest BCUT2D eigenvalue weighted by Gasteiger charge is -2.04. The molecule has 0 unspecified atom stereocenters. The first-order chi connectivity index (χ1) is 11.2. The predicted octanol–water partition coefficient (Wildman–Crippen LogP) is 3.39. The summed E-state index contributed by atoms with van der Waals surface area (Å²) in [5, 5.41) is 0. The number of aliphatic imine (C=N–C) groups is 1. The van der Waals surface area contributed by atoms with Crippen molar-refractivity contribution >= 4 is 17.9 Å². The predicted molar refractivity (Wildman–Crippen MR) is 88.8 cm³/mol. The van der Waals surface area contributed by atoms with Gasteiger partial charge in [-0.05, 0) is 61.0 Å². The van der Waals surface area contributed by atoms with Gasteiger partial charge in [0.05, 0.1) is 19.4 Å². The standard InChI is InChI=1S/C18H19NO4/c1-3-22-16-10-6-15(7-11-16)19-12-14-4-8-17(9-5-14)23-13-18(20)21-2/h4-12H,3,13H2,1-2H3. The zero-order valence-corrected chi connectivity index (χ0v) is 13.2. The van der Waals surface area contributed by atoms with Gasteiger partial charge in [-0.15, -0.1) is 0 Å². The van der Waals surface area contributed by atoms with Crippen LogP contribution in [0.25, 0.3) is 0 Å². The summed E-state index contributed by atoms with van der Waals surface area (Å²) in [7, 11) is 1.33. The van der Waals surface area contributed by atoms with Gasteiger partial charge in [-0.3, -0.25) is 4.99 Å². The molecule has 0 saturated heterocycles. The number of carbonyl (C=O) groups excluding carboxylic acids is 1. The molecule has 0 bridgehead atoms. The van der Waals surface area contributed by atoms with E-state index >= 15 is 0 Å². The molecular formula is C18H19NO4. The Morgan fingerprint density at radius 2 is 1.61 bits per heavy atom. The van der Waals surface area contributed by atoms with Crippen LogP contribution in [0.15, 0.2) is 53.5 Å². The minimum absolute atomic E-state index is 0.101. The number of benzene rings is 2. The molecule has 0 aliphatic heterocycles. The van der Waals surface area contributed by atoms with Crippen LogP contribution in [0.1, 0.15) is 12.5 Å². The van der Waals surface area contributed by atoms with Crippen molar-refractivity contribution in [1.29, 1.82) is 0 Å². The second-order valence-electron chi connectivity index (χ2n) is 4.62. The van der Waals surface area contributed by atoms with Gasteiger partial charge in [-0.1, -0.05) is 0 Å². The summed E-state index contributed by atoms with van der Waals surface area (Å²) in [6, 6.07) is 14.9. The first kappa shape index (κ1) is 16.5. The number of methoxy groups -OCH3 is 1. The number of carbonyl (C=O) groups is 1. The van der Waals surface area contributed by atoms with Crippen LogP contribution >= 0.6 is 0 Å². The Morgan fingerprint density at radius 1 is 1.00 bits per heavy atom. The largest absolute Gasteiger partial charge is 0.494 e. The fourth-order valence-corrected chi connectivity index (χ4v) is 1.80. The van der Waals surface area contributed by atoms with Crippen LogP contribution in [0.2, 0.25) is 0 Å². The molecule has 2 aromatic rings. The first-order valence-corrected chi connectivity index (χ1v) is 7.28. The highest BCUT2D eigenvalue weighted by Crippen LogP contribution is 2.18. The fourth-order valence-electron chi connectivity index (χ4n) is 1.80. The number of esters is 1. The molecule has 5 heteroatoms. The van der Waals surface area contributed by atoms with Crippen LogP contribution in [0.4, 0.5) is 5.69 Å². The van der Waals surface area contributed by atoms with Gasteiger partial charge in [-0.2, -0.15) is 0 Å². The molecule has 0 fully saturated rings. The van der Waals surface area contributed by atoms with Gasteiger partial charge in [0, 0.05) is 6.21 Å². The van der Waals surface area contributed by atoms with Crippen molar-refractivity contribution < 1.29 is 19.0 Å². The highest BCUT2D eigenvalue weighted by atomic mass is 16.6. The number of hydrogen-bond acceptors (Lipinski definition) is 5. The minimum atomic E-state index is -0.411. The Balaban J connectivity index is 1.93. The van der Waals surface area contributed by atoms with E-state index in [4.69, 9.17) is 9.47 Å². The first-order valence-electron chi connectivity index (χ1n) is 7.28. The zero-order valence-electron chi connectivity index (χ0n) is 13.2. The lowest BCUT2D eigenvalue weighted by Crippen LogP contribution is -2.12. The van der Waals surface area contributed by atoms with Gasteiger partial charge >= 0.3 is 5.97 Å². The highest BCUT2D eigenvalue weighted by Gasteiger charge is 2.01. The molecule has 0 heterocycles. The van der Waals surface area contributed by atoms with Crippen LogP contribution in [0, 0.1) is 0 Å². The molecule has 23 heavy (non-hydrogen) atoms. The molecule has 0 aliphatic carbocycles. The van der Waals surface area contributed by atoms with Crippen LogP contribution in [-0.4, -0.2) is 32.5 Å². The summed E-state index contributed by atoms with van der Waals surface area (Å²) < 4.78 is 15.2. The Morgan fingerprint density at radius 3 is 2.22 bits per heavy atom. The summed E-state index contributed by atoms with van der Waals surface area (Å²) in [5.41, 5.74) is 1.78. The van der Waals surface area contributed by atoms with E-state index in [1.807, 2.05) is 43.3 Å². The lowest BCUT2D eigenvalue weighted by molar-refractivity contribution is -0.142. The van der Waals surface area contributed by atoms with Crippen molar-refractivity contribution in [3.05, 3.63) is 54.1 Å². The quantitative estimate of drug-likeness (QED) is 0.581. The Kier molecular flexibility index (Phi) is 6.17. The van der Waals surface area contributed by atoms with Gasteiger partial charge in [0.25, 0.3) is 0 Å². The van der Waals surface area contributed by atoms with Crippen LogP contribution in [0.5, 0.6) is 11.5 Å². The molecular weight excluding hydrogens is 294 g/mol. The molecule has 0 atom stereocenters. The maximum Gasteiger partial charge on any atom is 0.343 e. The molecule has 0 amide bonds. The van der Waals surface area contributed by atoms with E-state index in [-0.39, 0.29) is 6.61 Å². The van der Waals surface area contributed by atoms with Gasteiger partial charge in [-0.25, -0.2) is 4.79 Å². The van der Waals surface area contributed by atoms with Gasteiger partial charge in [0.2, 0.25) is 0 Å². The molecule has 0 N–H and O–H groups in total. The Bertz CT molecular complexity index is 648. The molecule has 0 aromatic heterocycles. The van der Waals surface area contributed by atoms with Gasteiger partial charge < -0.3 is 14.2 Å². The zero-order chi connectivity index (χ0) is 16.5. The fraction of sp³-hybridized carbons (Fsp3) is 0.222. The SMILES string of the molecule is CCOc1ccc(N=Cc2ccc(OCC(=O)OC)cc2)cc1. The molecule has 0 aliphatic rings. The molecule has 5 nitrogen and oxygen atoms in total. The van der Waals surface area contributed by atoms with Gasteiger partial charge in [0.15, 0.2) is 6.61 Å². The van der Waals surface area contributed by atoms with Crippen molar-refractivity contribution in [2.75, 3.05) is 20.3 Å². The van der Waals surface area contributed by atoms with Crippen LogP contribution in [0.3, 0.4) is 0 Å². The second-order valence-corrected chi connectivity index (χ2v) is 4.62. The molecule has 2 aromatic carbocycles. The second kappa shape index (κ2) is 8.58. The van der Waals surface area contributed by atoms with E-state index in [0.29, 0.717) is 12.4 Å². The third-order valence-electron chi connectivity index (χ3n) is 2.97. The normalized spacial score (nSPS) is 10.5. The Hall–Kier alpha value is -2.82. The van der Waals surface area contributed by atoms with Crippen molar-refractivity contribution in [2.24, 2.45) is 4.99 Å². The van der Waals surface area contributed by atoms with E-state index < -0.39 is 5.97 Å². The Labute approximate surface area is 135 Å². The number of rotatable bonds is 7. The van der Waals surface area contributed by atoms with Gasteiger partial charge in [0.1, 0.15) is 11.5 Å². The smallest absolute Gasteiger partial charge is 0.343 e. The lowest BCUT2D eigenvalue weighted by atomic mass is 10.2. The minimum Gasteiger partial charge on any atom is -0.494 e. The van der Waals surface area contributed by atoms with E-state index in [2.05, 4.69) is 9.73 Å². The third-order valence-corrected chi connectivity index (χ3v) is 2.97. The summed E-state index contributed by atoms with van der Waals surface area (Å²) in [5.74, 6) is 1.03. The topological polar surface area (TPSA) is 57.1 Å². The molecule has 120 valence electrons. The number of nitrogens with zero attached hydrogens (tertiary/aromatic N) is 1. The highest BCUT2D eigenvalue weighted by molar-refractivity contribution is 5.82. The number of hydrogen-bond donors (Lipinski definition) is 0. The summed E-state index contributed by atoms with van der Waals surface area (Å²) in [6.07, 6.45) is 1.76. The van der Waals surface area contributed by atoms with Crippen molar-refractivity contribution in [3.8, 4) is 11.5 Å². The van der Waals surface area contributed by atoms with E-state index in [1.165, 1.54) is 7.11 Å². The average Bonchev–Trinajstić information content (AvgIpc) is 2.60. The third kappa shape index (κ3) is 5.47. The van der Waals surface area contributed by atoms with E-state index in [0.717, 1.165) is 17.0 Å². The summed E-state index contributed by atoms with van der Waals surface area (Å²) in [4.78, 5) is 15.4. The molecule has 0 radical (unpaired) electrons.